The largest absolute Gasteiger partial charge is 0.477 e. The summed E-state index contributed by atoms with van der Waals surface area (Å²) in [5, 5.41) is 20.2. The number of nitro benzene ring substituents is 1. The van der Waals surface area contributed by atoms with Crippen LogP contribution < -0.4 is 10.3 Å². The molecule has 1 aromatic heterocycles. The maximum atomic E-state index is 16.0. The van der Waals surface area contributed by atoms with Crippen LogP contribution in [0.25, 0.3) is 17.0 Å². The summed E-state index contributed by atoms with van der Waals surface area (Å²) < 4.78 is 33.2. The predicted octanol–water partition coefficient (Wildman–Crippen LogP) is 4.56. The normalized spacial score (nSPS) is 17.6. The number of fused-ring (bicyclic) bond motifs is 1. The quantitative estimate of drug-likeness (QED) is 0.284. The fourth-order valence-corrected chi connectivity index (χ4v) is 4.79. The summed E-state index contributed by atoms with van der Waals surface area (Å²) in [4.78, 5) is 41.1. The molecule has 2 aliphatic rings. The number of hydrogen-bond donors (Lipinski definition) is 1. The van der Waals surface area contributed by atoms with E-state index in [0.717, 1.165) is 12.3 Å². The number of aromatic carboxylic acids is 1. The van der Waals surface area contributed by atoms with Crippen LogP contribution >= 0.6 is 0 Å². The van der Waals surface area contributed by atoms with E-state index in [1.807, 2.05) is 0 Å². The Kier molecular flexibility index (Phi) is 6.06. The minimum absolute atomic E-state index is 0.0676. The lowest BCUT2D eigenvalue weighted by Gasteiger charge is -2.23. The van der Waals surface area contributed by atoms with Crippen LogP contribution in [0.15, 0.2) is 46.8 Å². The Balaban J connectivity index is 1.55. The van der Waals surface area contributed by atoms with Crippen molar-refractivity contribution in [3.63, 3.8) is 0 Å². The molecular formula is C26H22F2N4O5. The van der Waals surface area contributed by atoms with Gasteiger partial charge in [-0.25, -0.2) is 13.6 Å². The van der Waals surface area contributed by atoms with Crippen molar-refractivity contribution < 1.29 is 23.6 Å². The zero-order valence-corrected chi connectivity index (χ0v) is 19.6. The number of non-ortho nitro benzene ring substituents is 1. The zero-order valence-electron chi connectivity index (χ0n) is 19.6. The number of carboxylic acid groups (broad SMARTS) is 1. The highest BCUT2D eigenvalue weighted by Gasteiger charge is 2.34. The van der Waals surface area contributed by atoms with Crippen LogP contribution in [0.3, 0.4) is 0 Å². The molecule has 1 aliphatic carbocycles. The predicted molar refractivity (Wildman–Crippen MR) is 135 cm³/mol. The molecular weight excluding hydrogens is 486 g/mol. The first-order valence-electron chi connectivity index (χ1n) is 11.7. The first kappa shape index (κ1) is 24.3. The molecule has 3 aromatic rings. The van der Waals surface area contributed by atoms with Crippen molar-refractivity contribution in [2.24, 2.45) is 4.99 Å². The van der Waals surface area contributed by atoms with Gasteiger partial charge in [0, 0.05) is 49.2 Å². The number of anilines is 1. The molecule has 0 bridgehead atoms. The van der Waals surface area contributed by atoms with Gasteiger partial charge in [-0.3, -0.25) is 19.9 Å². The number of rotatable bonds is 7. The van der Waals surface area contributed by atoms with Gasteiger partial charge < -0.3 is 14.6 Å². The number of aromatic nitrogens is 1. The molecule has 190 valence electrons. The summed E-state index contributed by atoms with van der Waals surface area (Å²) >= 11 is 0. The van der Waals surface area contributed by atoms with Crippen molar-refractivity contribution in [1.29, 1.82) is 0 Å². The Morgan fingerprint density at radius 2 is 2.00 bits per heavy atom. The van der Waals surface area contributed by atoms with E-state index in [1.165, 1.54) is 27.8 Å². The van der Waals surface area contributed by atoms with Crippen molar-refractivity contribution in [3.8, 4) is 0 Å². The molecule has 1 saturated heterocycles. The van der Waals surface area contributed by atoms with Crippen LogP contribution in [-0.2, 0) is 0 Å². The monoisotopic (exact) mass is 508 g/mol. The van der Waals surface area contributed by atoms with Crippen LogP contribution in [0.1, 0.15) is 46.8 Å². The van der Waals surface area contributed by atoms with Crippen LogP contribution in [0.2, 0.25) is 0 Å². The summed E-state index contributed by atoms with van der Waals surface area (Å²) in [5.74, 6) is -3.38. The van der Waals surface area contributed by atoms with Gasteiger partial charge in [0.05, 0.1) is 21.9 Å². The third-order valence-electron chi connectivity index (χ3n) is 6.73. The number of nitro groups is 1. The van der Waals surface area contributed by atoms with Crippen LogP contribution in [0.4, 0.5) is 20.2 Å². The zero-order chi connectivity index (χ0) is 26.4. The molecule has 0 radical (unpaired) electrons. The van der Waals surface area contributed by atoms with E-state index in [2.05, 4.69) is 11.6 Å². The molecule has 1 atom stereocenters. The maximum Gasteiger partial charge on any atom is 0.341 e. The molecule has 9 nitrogen and oxygen atoms in total. The summed E-state index contributed by atoms with van der Waals surface area (Å²) in [7, 11) is 0. The fraction of sp³-hybridized carbons (Fsp3) is 0.269. The Bertz CT molecular complexity index is 1560. The highest BCUT2D eigenvalue weighted by Crippen LogP contribution is 2.41. The molecule has 11 heteroatoms. The third-order valence-corrected chi connectivity index (χ3v) is 6.73. The molecule has 1 saturated carbocycles. The van der Waals surface area contributed by atoms with Crippen LogP contribution in [-0.4, -0.2) is 45.9 Å². The van der Waals surface area contributed by atoms with E-state index in [0.29, 0.717) is 24.8 Å². The topological polar surface area (TPSA) is 118 Å². The molecule has 0 amide bonds. The summed E-state index contributed by atoms with van der Waals surface area (Å²) in [6.07, 6.45) is 5.60. The van der Waals surface area contributed by atoms with Gasteiger partial charge in [0.25, 0.3) is 5.69 Å². The van der Waals surface area contributed by atoms with Crippen molar-refractivity contribution in [1.82, 2.24) is 4.57 Å². The average Bonchev–Trinajstić information content (AvgIpc) is 3.61. The average molecular weight is 508 g/mol. The van der Waals surface area contributed by atoms with Crippen LogP contribution in [0.5, 0.6) is 0 Å². The van der Waals surface area contributed by atoms with Crippen molar-refractivity contribution in [3.05, 3.63) is 85.7 Å². The number of carboxylic acids is 1. The Morgan fingerprint density at radius 1 is 1.24 bits per heavy atom. The lowest BCUT2D eigenvalue weighted by Crippen LogP contribution is -2.26. The molecule has 1 unspecified atom stereocenters. The van der Waals surface area contributed by atoms with Gasteiger partial charge >= 0.3 is 5.97 Å². The van der Waals surface area contributed by atoms with Crippen LogP contribution in [0, 0.1) is 21.7 Å². The number of pyridine rings is 1. The Hall–Kier alpha value is -4.41. The van der Waals surface area contributed by atoms with Crippen molar-refractivity contribution in [2.75, 3.05) is 18.0 Å². The summed E-state index contributed by atoms with van der Waals surface area (Å²) in [5.41, 5.74) is -1.73. The Labute approximate surface area is 209 Å². The number of halogens is 2. The third kappa shape index (κ3) is 4.26. The number of hydrogen-bond acceptors (Lipinski definition) is 6. The van der Waals surface area contributed by atoms with Crippen molar-refractivity contribution in [2.45, 2.75) is 31.3 Å². The van der Waals surface area contributed by atoms with Gasteiger partial charge in [0.2, 0.25) is 5.43 Å². The molecule has 1 N–H and O–H groups in total. The number of benzene rings is 2. The van der Waals surface area contributed by atoms with Gasteiger partial charge in [0.15, 0.2) is 11.6 Å². The lowest BCUT2D eigenvalue weighted by atomic mass is 10.0. The van der Waals surface area contributed by atoms with Gasteiger partial charge in [-0.1, -0.05) is 24.8 Å². The molecule has 1 aliphatic heterocycles. The van der Waals surface area contributed by atoms with Gasteiger partial charge in [0.1, 0.15) is 11.3 Å². The second kappa shape index (κ2) is 9.23. The SMILES string of the molecule is C=Cc1c(F)c(N2CCC(/N=C/c3cccc([N+](=O)[O-])c3)C2)c(F)c2c1c(=O)c(C(=O)O)cn2C1CC1. The highest BCUT2D eigenvalue weighted by molar-refractivity contribution is 5.98. The van der Waals surface area contributed by atoms with Crippen molar-refractivity contribution >= 4 is 40.5 Å². The molecule has 2 fully saturated rings. The van der Waals surface area contributed by atoms with E-state index in [-0.39, 0.29) is 53.0 Å². The first-order valence-corrected chi connectivity index (χ1v) is 11.7. The number of nitrogens with zero attached hydrogens (tertiary/aromatic N) is 4. The van der Waals surface area contributed by atoms with Gasteiger partial charge in [-0.2, -0.15) is 0 Å². The highest BCUT2D eigenvalue weighted by atomic mass is 19.1. The molecule has 0 spiro atoms. The molecule has 2 heterocycles. The van der Waals surface area contributed by atoms with E-state index in [9.17, 15) is 24.8 Å². The van der Waals surface area contributed by atoms with E-state index in [4.69, 9.17) is 0 Å². The maximum absolute atomic E-state index is 16.0. The minimum atomic E-state index is -1.47. The number of aliphatic imine (C=N–C) groups is 1. The minimum Gasteiger partial charge on any atom is -0.477 e. The molecule has 5 rings (SSSR count). The fourth-order valence-electron chi connectivity index (χ4n) is 4.79. The standard InChI is InChI=1S/C26H22F2N4O5/c1-2-18-20-23(31(16-6-7-16)13-19(25(20)33)26(34)35)22(28)24(21(18)27)30-9-8-15(12-30)29-11-14-4-3-5-17(10-14)32(36)37/h2-5,10-11,13,15-16H,1,6-9,12H2,(H,34,35)/b29-11+. The lowest BCUT2D eigenvalue weighted by molar-refractivity contribution is -0.384. The smallest absolute Gasteiger partial charge is 0.341 e. The number of carbonyl (C=O) groups is 1. The second-order valence-corrected chi connectivity index (χ2v) is 9.15. The summed E-state index contributed by atoms with van der Waals surface area (Å²) in [6.45, 7) is 4.06. The second-order valence-electron chi connectivity index (χ2n) is 9.15. The van der Waals surface area contributed by atoms with E-state index < -0.39 is 33.5 Å². The molecule has 2 aromatic carbocycles. The van der Waals surface area contributed by atoms with Gasteiger partial charge in [-0.05, 0) is 24.8 Å². The van der Waals surface area contributed by atoms with E-state index >= 15 is 8.78 Å². The summed E-state index contributed by atoms with van der Waals surface area (Å²) in [6, 6.07) is 5.48. The first-order chi connectivity index (χ1) is 17.7. The molecule has 37 heavy (non-hydrogen) atoms. The van der Waals surface area contributed by atoms with E-state index in [1.54, 1.807) is 12.1 Å². The Morgan fingerprint density at radius 3 is 2.65 bits per heavy atom. The van der Waals surface area contributed by atoms with Gasteiger partial charge in [-0.15, -0.1) is 0 Å².